The lowest BCUT2D eigenvalue weighted by molar-refractivity contribution is 0.0243. The first-order valence-electron chi connectivity index (χ1n) is 5.95. The van der Waals surface area contributed by atoms with Crippen LogP contribution in [0.1, 0.15) is 23.8 Å². The number of nitrogens with one attached hydrogen (secondary N) is 1. The summed E-state index contributed by atoms with van der Waals surface area (Å²) >= 11 is 7.22. The molecule has 1 aromatic heterocycles. The second-order valence-corrected chi connectivity index (χ2v) is 5.66. The number of thioether (sulfide) groups is 1. The van der Waals surface area contributed by atoms with Crippen molar-refractivity contribution in [1.29, 1.82) is 0 Å². The predicted molar refractivity (Wildman–Crippen MR) is 78.3 cm³/mol. The van der Waals surface area contributed by atoms with Gasteiger partial charge in [0.2, 0.25) is 0 Å². The molecule has 0 saturated heterocycles. The van der Waals surface area contributed by atoms with Gasteiger partial charge in [0.25, 0.3) is 5.91 Å². The summed E-state index contributed by atoms with van der Waals surface area (Å²) in [7, 11) is 1.55. The molecule has 1 atom stereocenters. The van der Waals surface area contributed by atoms with Gasteiger partial charge in [-0.2, -0.15) is 0 Å². The third-order valence-corrected chi connectivity index (χ3v) is 3.43. The van der Waals surface area contributed by atoms with Crippen molar-refractivity contribution in [1.82, 2.24) is 15.3 Å². The van der Waals surface area contributed by atoms with Crippen LogP contribution in [0.3, 0.4) is 0 Å². The third-order valence-electron chi connectivity index (χ3n) is 2.59. The largest absolute Gasteiger partial charge is 0.388 e. The van der Waals surface area contributed by atoms with E-state index in [0.717, 1.165) is 0 Å². The molecule has 1 aromatic rings. The monoisotopic (exact) mass is 319 g/mol. The zero-order valence-electron chi connectivity index (χ0n) is 11.6. The van der Waals surface area contributed by atoms with Gasteiger partial charge in [0.05, 0.1) is 16.8 Å². The lowest BCUT2D eigenvalue weighted by Crippen LogP contribution is -2.41. The van der Waals surface area contributed by atoms with Gasteiger partial charge in [-0.3, -0.25) is 4.79 Å². The topological polar surface area (TPSA) is 84.3 Å². The minimum Gasteiger partial charge on any atom is -0.388 e. The highest BCUT2D eigenvalue weighted by Gasteiger charge is 2.22. The van der Waals surface area contributed by atoms with Crippen LogP contribution in [0.15, 0.2) is 11.4 Å². The van der Waals surface area contributed by atoms with Crippen molar-refractivity contribution in [2.75, 3.05) is 26.5 Å². The molecule has 0 bridgehead atoms. The highest BCUT2D eigenvalue weighted by molar-refractivity contribution is 7.98. The number of aliphatic hydroxyl groups is 1. The zero-order chi connectivity index (χ0) is 15.2. The maximum atomic E-state index is 12.0. The second-order valence-electron chi connectivity index (χ2n) is 4.48. The van der Waals surface area contributed by atoms with E-state index in [9.17, 15) is 9.90 Å². The van der Waals surface area contributed by atoms with Crippen LogP contribution in [0.5, 0.6) is 0 Å². The quantitative estimate of drug-likeness (QED) is 0.583. The van der Waals surface area contributed by atoms with Gasteiger partial charge in [-0.05, 0) is 13.2 Å². The van der Waals surface area contributed by atoms with Crippen molar-refractivity contribution in [3.8, 4) is 0 Å². The summed E-state index contributed by atoms with van der Waals surface area (Å²) in [4.78, 5) is 20.0. The molecule has 0 spiro atoms. The maximum absolute atomic E-state index is 12.0. The van der Waals surface area contributed by atoms with Crippen molar-refractivity contribution in [2.45, 2.75) is 24.1 Å². The highest BCUT2D eigenvalue weighted by atomic mass is 35.5. The molecule has 0 radical (unpaired) electrons. The van der Waals surface area contributed by atoms with Crippen LogP contribution in [0, 0.1) is 0 Å². The summed E-state index contributed by atoms with van der Waals surface area (Å²) in [5, 5.41) is 13.3. The Balaban J connectivity index is 2.67. The number of nitrogens with zero attached hydrogens (tertiary/aromatic N) is 2. The first-order valence-corrected chi connectivity index (χ1v) is 7.56. The molecule has 0 aliphatic carbocycles. The second kappa shape index (κ2) is 7.78. The molecular formula is C12H18ClN3O3S. The molecule has 20 heavy (non-hydrogen) atoms. The van der Waals surface area contributed by atoms with Gasteiger partial charge in [0.15, 0.2) is 10.9 Å². The van der Waals surface area contributed by atoms with Gasteiger partial charge in [0, 0.05) is 26.7 Å². The van der Waals surface area contributed by atoms with Crippen LogP contribution in [-0.2, 0) is 4.74 Å². The van der Waals surface area contributed by atoms with E-state index in [2.05, 4.69) is 15.3 Å². The fourth-order valence-corrected chi connectivity index (χ4v) is 1.89. The molecule has 112 valence electrons. The molecule has 0 aliphatic heterocycles. The van der Waals surface area contributed by atoms with Crippen molar-refractivity contribution >= 4 is 29.3 Å². The summed E-state index contributed by atoms with van der Waals surface area (Å²) in [5.74, 6) is -0.439. The Hall–Kier alpha value is -0.890. The fourth-order valence-electron chi connectivity index (χ4n) is 1.37. The molecule has 0 saturated carbocycles. The molecule has 2 N–H and O–H groups in total. The number of rotatable bonds is 7. The van der Waals surface area contributed by atoms with Crippen molar-refractivity contribution in [3.05, 3.63) is 16.9 Å². The number of hydrogen-bond donors (Lipinski definition) is 2. The average molecular weight is 320 g/mol. The Kier molecular flexibility index (Phi) is 6.67. The van der Waals surface area contributed by atoms with E-state index in [4.69, 9.17) is 16.3 Å². The number of ether oxygens (including phenoxy) is 1. The van der Waals surface area contributed by atoms with Crippen LogP contribution in [0.4, 0.5) is 0 Å². The summed E-state index contributed by atoms with van der Waals surface area (Å²) < 4.78 is 4.90. The number of amides is 1. The van der Waals surface area contributed by atoms with E-state index >= 15 is 0 Å². The Morgan fingerprint density at radius 3 is 2.95 bits per heavy atom. The van der Waals surface area contributed by atoms with Crippen LogP contribution in [0.2, 0.25) is 5.02 Å². The molecule has 6 nitrogen and oxygen atoms in total. The number of aromatic nitrogens is 2. The van der Waals surface area contributed by atoms with E-state index in [1.165, 1.54) is 18.0 Å². The summed E-state index contributed by atoms with van der Waals surface area (Å²) in [6.07, 6.45) is 3.61. The molecule has 1 amide bonds. The Morgan fingerprint density at radius 1 is 1.65 bits per heavy atom. The number of carbonyl (C=O) groups excluding carboxylic acids is 1. The molecule has 1 heterocycles. The van der Waals surface area contributed by atoms with Crippen molar-refractivity contribution in [3.63, 3.8) is 0 Å². The van der Waals surface area contributed by atoms with Crippen LogP contribution in [0.25, 0.3) is 0 Å². The third kappa shape index (κ3) is 5.24. The lowest BCUT2D eigenvalue weighted by Gasteiger charge is -2.23. The Morgan fingerprint density at radius 2 is 2.35 bits per heavy atom. The van der Waals surface area contributed by atoms with Gasteiger partial charge < -0.3 is 15.2 Å². The van der Waals surface area contributed by atoms with Crippen LogP contribution in [-0.4, -0.2) is 53.1 Å². The van der Waals surface area contributed by atoms with Crippen molar-refractivity contribution < 1.29 is 14.6 Å². The molecule has 0 aliphatic rings. The van der Waals surface area contributed by atoms with Gasteiger partial charge in [0.1, 0.15) is 0 Å². The number of halogens is 1. The highest BCUT2D eigenvalue weighted by Crippen LogP contribution is 2.16. The van der Waals surface area contributed by atoms with E-state index in [-0.39, 0.29) is 17.3 Å². The van der Waals surface area contributed by atoms with E-state index in [1.807, 2.05) is 0 Å². The molecule has 8 heteroatoms. The van der Waals surface area contributed by atoms with Gasteiger partial charge in [-0.15, -0.1) is 0 Å². The minimum atomic E-state index is -1.05. The first-order chi connectivity index (χ1) is 9.39. The molecule has 1 rings (SSSR count). The molecule has 1 unspecified atom stereocenters. The number of methoxy groups -OCH3 is 1. The van der Waals surface area contributed by atoms with Crippen LogP contribution < -0.4 is 5.32 Å². The molecule has 0 aromatic carbocycles. The van der Waals surface area contributed by atoms with Crippen LogP contribution >= 0.6 is 23.4 Å². The number of hydrogen-bond acceptors (Lipinski definition) is 6. The fraction of sp³-hybridized carbons (Fsp3) is 0.583. The normalized spacial score (nSPS) is 13.8. The Labute approximate surface area is 127 Å². The summed E-state index contributed by atoms with van der Waals surface area (Å²) in [6, 6.07) is 0. The van der Waals surface area contributed by atoms with Gasteiger partial charge in [-0.1, -0.05) is 23.4 Å². The van der Waals surface area contributed by atoms with Gasteiger partial charge >= 0.3 is 0 Å². The predicted octanol–water partition coefficient (Wildman–Crippen LogP) is 1.37. The first kappa shape index (κ1) is 17.2. The van der Waals surface area contributed by atoms with Gasteiger partial charge in [-0.25, -0.2) is 9.97 Å². The SMILES string of the molecule is COCCC(C)(O)CNC(=O)c1nc(SC)ncc1Cl. The number of carbonyl (C=O) groups is 1. The smallest absolute Gasteiger partial charge is 0.271 e. The lowest BCUT2D eigenvalue weighted by atomic mass is 10.0. The zero-order valence-corrected chi connectivity index (χ0v) is 13.2. The minimum absolute atomic E-state index is 0.0874. The maximum Gasteiger partial charge on any atom is 0.271 e. The molecular weight excluding hydrogens is 302 g/mol. The molecule has 0 fully saturated rings. The summed E-state index contributed by atoms with van der Waals surface area (Å²) in [5.41, 5.74) is -0.943. The summed E-state index contributed by atoms with van der Waals surface area (Å²) in [6.45, 7) is 2.12. The standard InChI is InChI=1S/C12H18ClN3O3S/c1-12(18,4-5-19-2)7-15-10(17)9-8(13)6-14-11(16-9)20-3/h6,18H,4-5,7H2,1-3H3,(H,15,17). The van der Waals surface area contributed by atoms with E-state index < -0.39 is 11.5 Å². The Bertz CT molecular complexity index is 471. The average Bonchev–Trinajstić information content (AvgIpc) is 2.43. The van der Waals surface area contributed by atoms with E-state index in [1.54, 1.807) is 20.3 Å². The van der Waals surface area contributed by atoms with E-state index in [0.29, 0.717) is 18.2 Å². The van der Waals surface area contributed by atoms with Crippen molar-refractivity contribution in [2.24, 2.45) is 0 Å².